The molecule has 2 aromatic carbocycles. The lowest BCUT2D eigenvalue weighted by atomic mass is 10.0. The third kappa shape index (κ3) is 2.35. The molecule has 2 N–H and O–H groups in total. The molecule has 4 heteroatoms. The predicted octanol–water partition coefficient (Wildman–Crippen LogP) is 3.25. The van der Waals surface area contributed by atoms with Gasteiger partial charge in [-0.2, -0.15) is 0 Å². The van der Waals surface area contributed by atoms with Gasteiger partial charge in [-0.25, -0.2) is 0 Å². The van der Waals surface area contributed by atoms with Crippen molar-refractivity contribution in [1.29, 1.82) is 0 Å². The summed E-state index contributed by atoms with van der Waals surface area (Å²) in [5, 5.41) is 0.666. The van der Waals surface area contributed by atoms with Crippen molar-refractivity contribution in [3.8, 4) is 0 Å². The lowest BCUT2D eigenvalue weighted by molar-refractivity contribution is 0.0954. The predicted molar refractivity (Wildman–Crippen MR) is 74.3 cm³/mol. The van der Waals surface area contributed by atoms with Gasteiger partial charge in [0.2, 0.25) is 0 Å². The highest BCUT2D eigenvalue weighted by Gasteiger charge is 2.46. The van der Waals surface area contributed by atoms with Crippen LogP contribution in [0.2, 0.25) is 5.02 Å². The number of ether oxygens (including phenoxy) is 1. The smallest absolute Gasteiger partial charge is 0.196 e. The van der Waals surface area contributed by atoms with Crippen LogP contribution in [-0.4, -0.2) is 11.9 Å². The molecule has 0 radical (unpaired) electrons. The van der Waals surface area contributed by atoms with Crippen LogP contribution >= 0.6 is 11.6 Å². The number of rotatable bonds is 3. The molecular formula is C15H12ClNO2. The van der Waals surface area contributed by atoms with Gasteiger partial charge in [-0.15, -0.1) is 0 Å². The molecule has 0 bridgehead atoms. The molecule has 0 aromatic heterocycles. The van der Waals surface area contributed by atoms with Crippen LogP contribution in [0.4, 0.5) is 5.69 Å². The Hall–Kier alpha value is -1.84. The van der Waals surface area contributed by atoms with Crippen molar-refractivity contribution in [2.75, 3.05) is 5.73 Å². The summed E-state index contributed by atoms with van der Waals surface area (Å²) >= 11 is 5.83. The van der Waals surface area contributed by atoms with Gasteiger partial charge in [0.15, 0.2) is 11.9 Å². The van der Waals surface area contributed by atoms with E-state index in [-0.39, 0.29) is 11.9 Å². The minimum atomic E-state index is -0.439. The summed E-state index contributed by atoms with van der Waals surface area (Å²) in [5.74, 6) is -0.0713. The van der Waals surface area contributed by atoms with Crippen molar-refractivity contribution in [3.05, 3.63) is 64.7 Å². The molecule has 3 nitrogen and oxygen atoms in total. The number of hydrogen-bond donors (Lipinski definition) is 1. The van der Waals surface area contributed by atoms with Crippen LogP contribution in [0.3, 0.4) is 0 Å². The van der Waals surface area contributed by atoms with Crippen molar-refractivity contribution in [2.24, 2.45) is 0 Å². The van der Waals surface area contributed by atoms with E-state index in [0.29, 0.717) is 16.3 Å². The third-order valence-electron chi connectivity index (χ3n) is 3.17. The quantitative estimate of drug-likeness (QED) is 0.531. The third-order valence-corrected chi connectivity index (χ3v) is 3.43. The Kier molecular flexibility index (Phi) is 3.01. The van der Waals surface area contributed by atoms with Crippen LogP contribution in [0, 0.1) is 0 Å². The second-order valence-electron chi connectivity index (χ2n) is 4.48. The minimum absolute atomic E-state index is 0.0713. The number of carbonyl (C=O) groups excluding carboxylic acids is 1. The Morgan fingerprint density at radius 3 is 2.47 bits per heavy atom. The summed E-state index contributed by atoms with van der Waals surface area (Å²) in [6, 6.07) is 14.3. The molecule has 19 heavy (non-hydrogen) atoms. The summed E-state index contributed by atoms with van der Waals surface area (Å²) < 4.78 is 5.47. The van der Waals surface area contributed by atoms with Gasteiger partial charge in [0.05, 0.1) is 0 Å². The summed E-state index contributed by atoms with van der Waals surface area (Å²) in [5.41, 5.74) is 7.75. The van der Waals surface area contributed by atoms with Gasteiger partial charge in [-0.3, -0.25) is 4.79 Å². The second-order valence-corrected chi connectivity index (χ2v) is 4.92. The van der Waals surface area contributed by atoms with Gasteiger partial charge >= 0.3 is 0 Å². The summed E-state index contributed by atoms with van der Waals surface area (Å²) in [4.78, 5) is 12.2. The Balaban J connectivity index is 1.78. The Bertz CT molecular complexity index is 624. The van der Waals surface area contributed by atoms with E-state index in [4.69, 9.17) is 22.1 Å². The first kappa shape index (κ1) is 12.2. The zero-order chi connectivity index (χ0) is 13.4. The normalized spacial score (nSPS) is 21.1. The average Bonchev–Trinajstić information content (AvgIpc) is 3.20. The molecule has 1 saturated heterocycles. The lowest BCUT2D eigenvalue weighted by Crippen LogP contribution is -2.10. The highest BCUT2D eigenvalue weighted by atomic mass is 35.5. The van der Waals surface area contributed by atoms with E-state index < -0.39 is 6.10 Å². The SMILES string of the molecule is Nc1ccccc1C(=O)C1OC1c1ccc(Cl)cc1. The summed E-state index contributed by atoms with van der Waals surface area (Å²) in [6.45, 7) is 0. The number of Topliss-reactive ketones (excluding diaryl/α,β-unsaturated/α-hetero) is 1. The van der Waals surface area contributed by atoms with Crippen molar-refractivity contribution < 1.29 is 9.53 Å². The first-order valence-electron chi connectivity index (χ1n) is 5.96. The molecule has 0 aliphatic carbocycles. The largest absolute Gasteiger partial charge is 0.398 e. The molecule has 3 rings (SSSR count). The van der Waals surface area contributed by atoms with E-state index >= 15 is 0 Å². The van der Waals surface area contributed by atoms with Gasteiger partial charge in [-0.1, -0.05) is 35.9 Å². The monoisotopic (exact) mass is 273 g/mol. The Morgan fingerprint density at radius 1 is 1.11 bits per heavy atom. The highest BCUT2D eigenvalue weighted by Crippen LogP contribution is 2.41. The summed E-state index contributed by atoms with van der Waals surface area (Å²) in [7, 11) is 0. The molecule has 1 heterocycles. The van der Waals surface area contributed by atoms with E-state index in [0.717, 1.165) is 5.56 Å². The van der Waals surface area contributed by atoms with Gasteiger partial charge < -0.3 is 10.5 Å². The molecule has 1 aliphatic heterocycles. The van der Waals surface area contributed by atoms with Gasteiger partial charge in [-0.05, 0) is 29.8 Å². The van der Waals surface area contributed by atoms with Crippen molar-refractivity contribution in [1.82, 2.24) is 0 Å². The number of halogens is 1. The van der Waals surface area contributed by atoms with Crippen LogP contribution < -0.4 is 5.73 Å². The van der Waals surface area contributed by atoms with E-state index in [1.54, 1.807) is 36.4 Å². The van der Waals surface area contributed by atoms with Crippen molar-refractivity contribution >= 4 is 23.1 Å². The molecule has 2 aromatic rings. The van der Waals surface area contributed by atoms with E-state index in [2.05, 4.69) is 0 Å². The fraction of sp³-hybridized carbons (Fsp3) is 0.133. The van der Waals surface area contributed by atoms with Crippen LogP contribution in [0.25, 0.3) is 0 Å². The zero-order valence-electron chi connectivity index (χ0n) is 10.0. The Morgan fingerprint density at radius 2 is 1.79 bits per heavy atom. The Labute approximate surface area is 115 Å². The molecule has 0 saturated carbocycles. The average molecular weight is 274 g/mol. The number of nitrogens with two attached hydrogens (primary N) is 1. The molecule has 2 atom stereocenters. The van der Waals surface area contributed by atoms with Crippen molar-refractivity contribution in [3.63, 3.8) is 0 Å². The fourth-order valence-electron chi connectivity index (χ4n) is 2.09. The van der Waals surface area contributed by atoms with Crippen LogP contribution in [0.5, 0.6) is 0 Å². The first-order valence-corrected chi connectivity index (χ1v) is 6.34. The van der Waals surface area contributed by atoms with Crippen LogP contribution in [0.1, 0.15) is 22.0 Å². The van der Waals surface area contributed by atoms with Gasteiger partial charge in [0.1, 0.15) is 6.10 Å². The first-order chi connectivity index (χ1) is 9.16. The number of benzene rings is 2. The summed E-state index contributed by atoms with van der Waals surface area (Å²) in [6.07, 6.45) is -0.629. The molecule has 1 aliphatic rings. The number of epoxide rings is 1. The number of anilines is 1. The van der Waals surface area contributed by atoms with Crippen LogP contribution in [-0.2, 0) is 4.74 Å². The van der Waals surface area contributed by atoms with E-state index in [9.17, 15) is 4.79 Å². The number of carbonyl (C=O) groups is 1. The van der Waals surface area contributed by atoms with E-state index in [1.165, 1.54) is 0 Å². The number of hydrogen-bond acceptors (Lipinski definition) is 3. The van der Waals surface area contributed by atoms with Gasteiger partial charge in [0.25, 0.3) is 0 Å². The number of ketones is 1. The maximum atomic E-state index is 12.2. The maximum Gasteiger partial charge on any atom is 0.196 e. The fourth-order valence-corrected chi connectivity index (χ4v) is 2.22. The minimum Gasteiger partial charge on any atom is -0.398 e. The van der Waals surface area contributed by atoms with E-state index in [1.807, 2.05) is 12.1 Å². The maximum absolute atomic E-state index is 12.2. The molecule has 1 fully saturated rings. The lowest BCUT2D eigenvalue weighted by Gasteiger charge is -2.01. The highest BCUT2D eigenvalue weighted by molar-refractivity contribution is 6.30. The van der Waals surface area contributed by atoms with Crippen molar-refractivity contribution in [2.45, 2.75) is 12.2 Å². The molecular weight excluding hydrogens is 262 g/mol. The molecule has 0 spiro atoms. The number of para-hydroxylation sites is 1. The molecule has 0 amide bonds. The van der Waals surface area contributed by atoms with Gasteiger partial charge in [0, 0.05) is 16.3 Å². The zero-order valence-corrected chi connectivity index (χ0v) is 10.8. The van der Waals surface area contributed by atoms with Crippen LogP contribution in [0.15, 0.2) is 48.5 Å². The molecule has 96 valence electrons. The second kappa shape index (κ2) is 4.68. The molecule has 2 unspecified atom stereocenters. The topological polar surface area (TPSA) is 55.6 Å². The number of nitrogen functional groups attached to an aromatic ring is 1. The standard InChI is InChI=1S/C15H12ClNO2/c16-10-7-5-9(6-8-10)14-15(19-14)13(18)11-3-1-2-4-12(11)17/h1-8,14-15H,17H2.